The molecule has 3 rings (SSSR count). The Hall–Kier alpha value is -0.570. The normalized spacial score (nSPS) is 44.9. The molecule has 1 spiro atoms. The number of hydrogen-bond donors (Lipinski definition) is 1. The van der Waals surface area contributed by atoms with Crippen molar-refractivity contribution in [2.24, 2.45) is 11.8 Å². The quantitative estimate of drug-likeness (QED) is 0.797. The van der Waals surface area contributed by atoms with Crippen LogP contribution < -0.4 is 0 Å². The van der Waals surface area contributed by atoms with E-state index in [2.05, 4.69) is 11.8 Å². The average molecular weight is 237 g/mol. The predicted molar refractivity (Wildman–Crippen MR) is 65.4 cm³/mol. The van der Waals surface area contributed by atoms with E-state index >= 15 is 0 Å². The zero-order valence-corrected chi connectivity index (χ0v) is 10.7. The first kappa shape index (κ1) is 11.5. The van der Waals surface area contributed by atoms with Gasteiger partial charge in [0, 0.05) is 24.1 Å². The maximum atomic E-state index is 12.5. The second-order valence-corrected chi connectivity index (χ2v) is 6.16. The number of carbonyl (C=O) groups is 1. The fourth-order valence-corrected chi connectivity index (χ4v) is 4.88. The minimum absolute atomic E-state index is 0.189. The van der Waals surface area contributed by atoms with Gasteiger partial charge in [0.05, 0.1) is 0 Å². The summed E-state index contributed by atoms with van der Waals surface area (Å²) in [6.07, 6.45) is 8.02. The highest BCUT2D eigenvalue weighted by Gasteiger charge is 2.60. The van der Waals surface area contributed by atoms with Crippen molar-refractivity contribution in [2.75, 3.05) is 6.61 Å². The molecule has 4 atom stereocenters. The van der Waals surface area contributed by atoms with Gasteiger partial charge in [-0.15, -0.1) is 0 Å². The van der Waals surface area contributed by atoms with Gasteiger partial charge in [0.1, 0.15) is 0 Å². The van der Waals surface area contributed by atoms with E-state index in [9.17, 15) is 9.90 Å². The third-order valence-electron chi connectivity index (χ3n) is 5.50. The first-order valence-corrected chi connectivity index (χ1v) is 7.15. The molecule has 3 heteroatoms. The summed E-state index contributed by atoms with van der Waals surface area (Å²) in [6, 6.07) is 0.312. The molecule has 2 aliphatic heterocycles. The van der Waals surface area contributed by atoms with Crippen LogP contribution in [0.2, 0.25) is 0 Å². The largest absolute Gasteiger partial charge is 0.396 e. The second kappa shape index (κ2) is 3.98. The number of rotatable bonds is 2. The van der Waals surface area contributed by atoms with Crippen molar-refractivity contribution in [3.63, 3.8) is 0 Å². The van der Waals surface area contributed by atoms with Crippen LogP contribution in [-0.4, -0.2) is 34.1 Å². The fraction of sp³-hybridized carbons (Fsp3) is 0.929. The average Bonchev–Trinajstić information content (AvgIpc) is 2.79. The van der Waals surface area contributed by atoms with Gasteiger partial charge in [-0.25, -0.2) is 0 Å². The monoisotopic (exact) mass is 237 g/mol. The van der Waals surface area contributed by atoms with E-state index in [0.717, 1.165) is 12.8 Å². The van der Waals surface area contributed by atoms with Crippen LogP contribution in [0.4, 0.5) is 0 Å². The van der Waals surface area contributed by atoms with Gasteiger partial charge >= 0.3 is 0 Å². The summed E-state index contributed by atoms with van der Waals surface area (Å²) < 4.78 is 0. The van der Waals surface area contributed by atoms with Crippen molar-refractivity contribution < 1.29 is 9.90 Å². The number of hydrogen-bond acceptors (Lipinski definition) is 2. The molecule has 0 radical (unpaired) electrons. The van der Waals surface area contributed by atoms with Crippen molar-refractivity contribution in [1.82, 2.24) is 4.90 Å². The molecule has 0 aromatic rings. The van der Waals surface area contributed by atoms with Crippen LogP contribution in [0.15, 0.2) is 0 Å². The van der Waals surface area contributed by atoms with Crippen molar-refractivity contribution in [3.8, 4) is 0 Å². The second-order valence-electron chi connectivity index (χ2n) is 6.16. The molecule has 2 saturated heterocycles. The molecule has 0 unspecified atom stereocenters. The Morgan fingerprint density at radius 3 is 2.76 bits per heavy atom. The smallest absolute Gasteiger partial charge is 0.226 e. The summed E-state index contributed by atoms with van der Waals surface area (Å²) in [4.78, 5) is 14.7. The first-order chi connectivity index (χ1) is 8.20. The van der Waals surface area contributed by atoms with Crippen molar-refractivity contribution >= 4 is 5.91 Å². The van der Waals surface area contributed by atoms with Crippen LogP contribution in [0.1, 0.15) is 51.9 Å². The summed E-state index contributed by atoms with van der Waals surface area (Å²) in [5.74, 6) is 1.18. The summed E-state index contributed by atoms with van der Waals surface area (Å²) in [5, 5.41) is 9.19. The van der Waals surface area contributed by atoms with E-state index < -0.39 is 0 Å². The van der Waals surface area contributed by atoms with Crippen LogP contribution in [0.5, 0.6) is 0 Å². The Morgan fingerprint density at radius 2 is 2.06 bits per heavy atom. The molecule has 96 valence electrons. The number of amides is 1. The van der Waals surface area contributed by atoms with Crippen molar-refractivity contribution in [3.05, 3.63) is 0 Å². The molecule has 17 heavy (non-hydrogen) atoms. The first-order valence-electron chi connectivity index (χ1n) is 7.15. The lowest BCUT2D eigenvalue weighted by Crippen LogP contribution is -2.55. The lowest BCUT2D eigenvalue weighted by molar-refractivity contribution is -0.139. The molecule has 1 amide bonds. The lowest BCUT2D eigenvalue weighted by atomic mass is 9.76. The molecule has 0 bridgehead atoms. The maximum absolute atomic E-state index is 12.5. The van der Waals surface area contributed by atoms with Gasteiger partial charge in [-0.05, 0) is 44.4 Å². The Balaban J connectivity index is 1.95. The van der Waals surface area contributed by atoms with E-state index in [4.69, 9.17) is 0 Å². The van der Waals surface area contributed by atoms with E-state index in [1.54, 1.807) is 0 Å². The standard InChI is InChI=1S/C14H23NO2/c1-10-12-5-3-8-14(12)7-2-4-11(6-9-16)15(14)13(10)17/h10-12,16H,2-9H2,1H3/t10-,11+,12+,14+/m0/s1. The fourth-order valence-electron chi connectivity index (χ4n) is 4.88. The van der Waals surface area contributed by atoms with E-state index in [1.807, 2.05) is 0 Å². The topological polar surface area (TPSA) is 40.5 Å². The Labute approximate surface area is 103 Å². The predicted octanol–water partition coefficient (Wildman–Crippen LogP) is 1.94. The molecule has 3 aliphatic rings. The molecular weight excluding hydrogens is 214 g/mol. The highest BCUT2D eigenvalue weighted by Crippen LogP contribution is 2.56. The molecule has 1 N–H and O–H groups in total. The highest BCUT2D eigenvalue weighted by atomic mass is 16.3. The van der Waals surface area contributed by atoms with Crippen LogP contribution in [0.25, 0.3) is 0 Å². The highest BCUT2D eigenvalue weighted by molar-refractivity contribution is 5.83. The third kappa shape index (κ3) is 1.41. The van der Waals surface area contributed by atoms with Crippen molar-refractivity contribution in [2.45, 2.75) is 63.5 Å². The number of nitrogens with zero attached hydrogens (tertiary/aromatic N) is 1. The molecule has 0 aromatic carbocycles. The molecular formula is C14H23NO2. The van der Waals surface area contributed by atoms with Gasteiger partial charge in [-0.1, -0.05) is 13.3 Å². The lowest BCUT2D eigenvalue weighted by Gasteiger charge is -2.47. The van der Waals surface area contributed by atoms with Gasteiger partial charge in [0.15, 0.2) is 0 Å². The van der Waals surface area contributed by atoms with Crippen LogP contribution in [0.3, 0.4) is 0 Å². The Kier molecular flexibility index (Phi) is 2.69. The van der Waals surface area contributed by atoms with Crippen LogP contribution in [0, 0.1) is 11.8 Å². The summed E-state index contributed by atoms with van der Waals surface area (Å²) in [5.41, 5.74) is 0.189. The number of aliphatic hydroxyl groups is 1. The van der Waals surface area contributed by atoms with Crippen molar-refractivity contribution in [1.29, 1.82) is 0 Å². The van der Waals surface area contributed by atoms with Crippen LogP contribution >= 0.6 is 0 Å². The van der Waals surface area contributed by atoms with E-state index in [1.165, 1.54) is 32.1 Å². The summed E-state index contributed by atoms with van der Waals surface area (Å²) in [6.45, 7) is 2.33. The molecule has 0 aromatic heterocycles. The number of carbonyl (C=O) groups excluding carboxylic acids is 1. The Morgan fingerprint density at radius 1 is 1.35 bits per heavy atom. The summed E-state index contributed by atoms with van der Waals surface area (Å²) >= 11 is 0. The minimum atomic E-state index is 0.189. The van der Waals surface area contributed by atoms with Gasteiger partial charge in [-0.3, -0.25) is 4.79 Å². The molecule has 2 heterocycles. The Bertz CT molecular complexity index is 328. The third-order valence-corrected chi connectivity index (χ3v) is 5.50. The summed E-state index contributed by atoms with van der Waals surface area (Å²) in [7, 11) is 0. The van der Waals surface area contributed by atoms with Gasteiger partial charge < -0.3 is 10.0 Å². The van der Waals surface area contributed by atoms with Gasteiger partial charge in [-0.2, -0.15) is 0 Å². The zero-order chi connectivity index (χ0) is 12.0. The van der Waals surface area contributed by atoms with Gasteiger partial charge in [0.25, 0.3) is 0 Å². The maximum Gasteiger partial charge on any atom is 0.226 e. The molecule has 3 nitrogen and oxygen atoms in total. The SMILES string of the molecule is C[C@@H]1C(=O)N2[C@@H](CCO)CCC[C@]23CCC[C@H]13. The number of piperidine rings is 1. The zero-order valence-electron chi connectivity index (χ0n) is 10.7. The number of aliphatic hydroxyl groups excluding tert-OH is 1. The van der Waals surface area contributed by atoms with E-state index in [0.29, 0.717) is 17.9 Å². The van der Waals surface area contributed by atoms with Crippen LogP contribution in [-0.2, 0) is 4.79 Å². The van der Waals surface area contributed by atoms with E-state index in [-0.39, 0.29) is 18.1 Å². The molecule has 1 saturated carbocycles. The van der Waals surface area contributed by atoms with Gasteiger partial charge in [0.2, 0.25) is 5.91 Å². The minimum Gasteiger partial charge on any atom is -0.396 e. The molecule has 3 fully saturated rings. The molecule has 1 aliphatic carbocycles.